The summed E-state index contributed by atoms with van der Waals surface area (Å²) in [5, 5.41) is 0. The highest BCUT2D eigenvalue weighted by molar-refractivity contribution is 9.11. The average Bonchev–Trinajstić information content (AvgIpc) is 1.99. The van der Waals surface area contributed by atoms with Crippen LogP contribution in [-0.2, 0) is 0 Å². The van der Waals surface area contributed by atoms with Crippen molar-refractivity contribution in [1.29, 1.82) is 0 Å². The van der Waals surface area contributed by atoms with Gasteiger partial charge in [-0.2, -0.15) is 13.2 Å². The number of hydrogen-bond donors (Lipinski definition) is 1. The van der Waals surface area contributed by atoms with E-state index in [1.807, 2.05) is 0 Å². The molecule has 0 aromatic heterocycles. The van der Waals surface area contributed by atoms with Crippen molar-refractivity contribution >= 4 is 44.3 Å². The number of benzene rings is 1. The van der Waals surface area contributed by atoms with Crippen LogP contribution in [0.4, 0.5) is 13.2 Å². The second-order valence-electron chi connectivity index (χ2n) is 2.72. The van der Waals surface area contributed by atoms with Gasteiger partial charge in [-0.25, -0.2) is 0 Å². The third-order valence-electron chi connectivity index (χ3n) is 1.60. The van der Waals surface area contributed by atoms with Crippen LogP contribution in [0.5, 0.6) is 0 Å². The van der Waals surface area contributed by atoms with Crippen LogP contribution < -0.4 is 5.73 Å². The van der Waals surface area contributed by atoms with E-state index in [1.165, 1.54) is 12.1 Å². The summed E-state index contributed by atoms with van der Waals surface area (Å²) in [6.07, 6.45) is -4.42. The topological polar surface area (TPSA) is 26.0 Å². The van der Waals surface area contributed by atoms with Crippen molar-refractivity contribution in [2.24, 2.45) is 5.73 Å². The van der Waals surface area contributed by atoms with Crippen LogP contribution in [0, 0.1) is 0 Å². The van der Waals surface area contributed by atoms with E-state index in [4.69, 9.17) is 5.73 Å². The maximum Gasteiger partial charge on any atom is 0.407 e. The first-order valence-corrected chi connectivity index (χ1v) is 5.17. The van der Waals surface area contributed by atoms with Crippen LogP contribution in [0.1, 0.15) is 11.6 Å². The molecule has 1 aromatic rings. The van der Waals surface area contributed by atoms with E-state index in [0.717, 1.165) is 0 Å². The van der Waals surface area contributed by atoms with E-state index in [1.54, 1.807) is 6.07 Å². The Hall–Kier alpha value is 0.220. The third-order valence-corrected chi connectivity index (χ3v) is 2.51. The molecule has 86 valence electrons. The molecule has 15 heavy (non-hydrogen) atoms. The van der Waals surface area contributed by atoms with Gasteiger partial charge in [0.05, 0.1) is 0 Å². The lowest BCUT2D eigenvalue weighted by molar-refractivity contribution is -0.149. The van der Waals surface area contributed by atoms with Gasteiger partial charge in [0.1, 0.15) is 6.04 Å². The van der Waals surface area contributed by atoms with Gasteiger partial charge >= 0.3 is 6.18 Å². The molecule has 0 bridgehead atoms. The summed E-state index contributed by atoms with van der Waals surface area (Å²) in [6.45, 7) is 0. The molecule has 0 radical (unpaired) electrons. The SMILES string of the molecule is Cl.N[C@@H](c1cc(Br)cc(Br)c1)C(F)(F)F. The first-order valence-electron chi connectivity index (χ1n) is 3.59. The second kappa shape index (κ2) is 5.52. The van der Waals surface area contributed by atoms with Crippen molar-refractivity contribution < 1.29 is 13.2 Å². The van der Waals surface area contributed by atoms with Crippen LogP contribution in [0.2, 0.25) is 0 Å². The molecule has 0 aliphatic carbocycles. The average molecular weight is 369 g/mol. The standard InChI is InChI=1S/C8H6Br2F3N.ClH/c9-5-1-4(2-6(10)3-5)7(14)8(11,12)13;/h1-3,7H,14H2;1H/t7-;/m0./s1. The van der Waals surface area contributed by atoms with Crippen molar-refractivity contribution in [2.45, 2.75) is 12.2 Å². The van der Waals surface area contributed by atoms with Gasteiger partial charge in [0.25, 0.3) is 0 Å². The first kappa shape index (κ1) is 15.2. The minimum absolute atomic E-state index is 0. The molecule has 0 aliphatic rings. The van der Waals surface area contributed by atoms with E-state index in [9.17, 15) is 13.2 Å². The fourth-order valence-electron chi connectivity index (χ4n) is 0.944. The van der Waals surface area contributed by atoms with Gasteiger partial charge in [0, 0.05) is 8.95 Å². The van der Waals surface area contributed by atoms with Gasteiger partial charge in [-0.1, -0.05) is 31.9 Å². The number of alkyl halides is 3. The summed E-state index contributed by atoms with van der Waals surface area (Å²) in [5.74, 6) is 0. The van der Waals surface area contributed by atoms with E-state index in [-0.39, 0.29) is 18.0 Å². The summed E-state index contributed by atoms with van der Waals surface area (Å²) in [4.78, 5) is 0. The fraction of sp³-hybridized carbons (Fsp3) is 0.250. The maximum atomic E-state index is 12.2. The summed E-state index contributed by atoms with van der Waals surface area (Å²) in [5.41, 5.74) is 5.07. The van der Waals surface area contributed by atoms with Gasteiger partial charge in [-0.3, -0.25) is 0 Å². The second-order valence-corrected chi connectivity index (χ2v) is 4.55. The summed E-state index contributed by atoms with van der Waals surface area (Å²) in [7, 11) is 0. The Balaban J connectivity index is 0.00000196. The molecule has 1 aromatic carbocycles. The van der Waals surface area contributed by atoms with Gasteiger partial charge in [0.2, 0.25) is 0 Å². The molecular weight excluding hydrogens is 362 g/mol. The van der Waals surface area contributed by atoms with Crippen molar-refractivity contribution in [3.05, 3.63) is 32.7 Å². The highest BCUT2D eigenvalue weighted by atomic mass is 79.9. The lowest BCUT2D eigenvalue weighted by Gasteiger charge is -2.16. The Bertz CT molecular complexity index is 323. The van der Waals surface area contributed by atoms with E-state index < -0.39 is 12.2 Å². The normalized spacial score (nSPS) is 13.2. The molecule has 2 N–H and O–H groups in total. The zero-order valence-electron chi connectivity index (χ0n) is 7.18. The minimum atomic E-state index is -4.42. The molecule has 1 rings (SSSR count). The summed E-state index contributed by atoms with van der Waals surface area (Å²) < 4.78 is 37.8. The summed E-state index contributed by atoms with van der Waals surface area (Å²) >= 11 is 6.19. The Labute approximate surface area is 108 Å². The molecule has 0 heterocycles. The van der Waals surface area contributed by atoms with Crippen molar-refractivity contribution in [3.8, 4) is 0 Å². The Morgan fingerprint density at radius 1 is 1.07 bits per heavy atom. The Morgan fingerprint density at radius 2 is 1.47 bits per heavy atom. The molecule has 0 unspecified atom stereocenters. The lowest BCUT2D eigenvalue weighted by atomic mass is 10.1. The third kappa shape index (κ3) is 4.30. The predicted octanol–water partition coefficient (Wildman–Crippen LogP) is 4.20. The van der Waals surface area contributed by atoms with Crippen molar-refractivity contribution in [1.82, 2.24) is 0 Å². The number of rotatable bonds is 1. The van der Waals surface area contributed by atoms with Crippen LogP contribution in [-0.4, -0.2) is 6.18 Å². The van der Waals surface area contributed by atoms with E-state index in [2.05, 4.69) is 31.9 Å². The van der Waals surface area contributed by atoms with Crippen molar-refractivity contribution in [3.63, 3.8) is 0 Å². The lowest BCUT2D eigenvalue weighted by Crippen LogP contribution is -2.28. The molecule has 0 saturated carbocycles. The van der Waals surface area contributed by atoms with Crippen molar-refractivity contribution in [2.75, 3.05) is 0 Å². The monoisotopic (exact) mass is 367 g/mol. The largest absolute Gasteiger partial charge is 0.407 e. The molecule has 1 nitrogen and oxygen atoms in total. The number of hydrogen-bond acceptors (Lipinski definition) is 1. The first-order chi connectivity index (χ1) is 6.30. The highest BCUT2D eigenvalue weighted by Gasteiger charge is 2.37. The van der Waals surface area contributed by atoms with Crippen LogP contribution >= 0.6 is 44.3 Å². The zero-order valence-corrected chi connectivity index (χ0v) is 11.2. The van der Waals surface area contributed by atoms with Crippen LogP contribution in [0.25, 0.3) is 0 Å². The highest BCUT2D eigenvalue weighted by Crippen LogP contribution is 2.33. The molecule has 7 heteroatoms. The zero-order chi connectivity index (χ0) is 10.9. The Morgan fingerprint density at radius 3 is 1.80 bits per heavy atom. The van der Waals surface area contributed by atoms with E-state index >= 15 is 0 Å². The van der Waals surface area contributed by atoms with Gasteiger partial charge in [0.15, 0.2) is 0 Å². The van der Waals surface area contributed by atoms with Gasteiger partial charge < -0.3 is 5.73 Å². The summed E-state index contributed by atoms with van der Waals surface area (Å²) in [6, 6.07) is 2.40. The van der Waals surface area contributed by atoms with Gasteiger partial charge in [-0.15, -0.1) is 12.4 Å². The maximum absolute atomic E-state index is 12.2. The molecule has 1 atom stereocenters. The molecule has 0 fully saturated rings. The van der Waals surface area contributed by atoms with Crippen LogP contribution in [0.3, 0.4) is 0 Å². The number of halogens is 6. The number of nitrogens with two attached hydrogens (primary N) is 1. The molecule has 0 amide bonds. The molecule has 0 saturated heterocycles. The van der Waals surface area contributed by atoms with Crippen LogP contribution in [0.15, 0.2) is 27.1 Å². The predicted molar refractivity (Wildman–Crippen MR) is 62.1 cm³/mol. The molecule has 0 aliphatic heterocycles. The smallest absolute Gasteiger partial charge is 0.316 e. The van der Waals surface area contributed by atoms with Gasteiger partial charge in [-0.05, 0) is 23.8 Å². The molecule has 0 spiro atoms. The van der Waals surface area contributed by atoms with E-state index in [0.29, 0.717) is 8.95 Å². The fourth-order valence-corrected chi connectivity index (χ4v) is 2.27. The minimum Gasteiger partial charge on any atom is -0.316 e. The quantitative estimate of drug-likeness (QED) is 0.789. The molecular formula is C8H7Br2ClF3N. The Kier molecular flexibility index (Phi) is 5.60.